The second-order valence-electron chi connectivity index (χ2n) is 7.03. The Bertz CT molecular complexity index is 648. The van der Waals surface area contributed by atoms with Gasteiger partial charge < -0.3 is 9.64 Å². The number of non-ortho nitro benzene ring substituents is 1. The first kappa shape index (κ1) is 15.8. The number of benzene rings is 1. The Labute approximate surface area is 136 Å². The maximum Gasteiger partial charge on any atom is 0.293 e. The highest BCUT2D eigenvalue weighted by atomic mass is 16.6. The number of nitro groups is 1. The molecule has 0 unspecified atom stereocenters. The molecular formula is C17H23N3O3. The predicted molar refractivity (Wildman–Crippen MR) is 89.1 cm³/mol. The van der Waals surface area contributed by atoms with Crippen molar-refractivity contribution in [2.24, 2.45) is 4.99 Å². The summed E-state index contributed by atoms with van der Waals surface area (Å²) in [5, 5.41) is 10.9. The number of amidine groups is 1. The fraction of sp³-hybridized carbons (Fsp3) is 0.588. The highest BCUT2D eigenvalue weighted by Gasteiger charge is 2.43. The summed E-state index contributed by atoms with van der Waals surface area (Å²) in [5.74, 6) is 0. The van der Waals surface area contributed by atoms with Crippen LogP contribution in [0.1, 0.15) is 45.1 Å². The largest absolute Gasteiger partial charge is 0.462 e. The van der Waals surface area contributed by atoms with Gasteiger partial charge in [0.05, 0.1) is 16.1 Å². The molecule has 1 aromatic rings. The fourth-order valence-corrected chi connectivity index (χ4v) is 3.52. The van der Waals surface area contributed by atoms with Crippen molar-refractivity contribution >= 4 is 17.4 Å². The molecule has 3 rings (SSSR count). The molecule has 1 aliphatic heterocycles. The molecule has 2 fully saturated rings. The van der Waals surface area contributed by atoms with Crippen LogP contribution >= 0.6 is 0 Å². The van der Waals surface area contributed by atoms with E-state index in [1.54, 1.807) is 12.1 Å². The Morgan fingerprint density at radius 3 is 2.65 bits per heavy atom. The number of hydrogen-bond acceptors (Lipinski definition) is 4. The van der Waals surface area contributed by atoms with E-state index < -0.39 is 0 Å². The first-order valence-electron chi connectivity index (χ1n) is 8.14. The summed E-state index contributed by atoms with van der Waals surface area (Å²) in [6, 6.07) is 5.87. The standard InChI is InChI=1S/C17H23N3O3/c1-12-10-14(20(21)22)8-9-15(12)18-16-19(13-6-4-5-7-13)17(2,3)11-23-16/h8-10,13H,4-7,11H2,1-3H3. The van der Waals surface area contributed by atoms with Crippen molar-refractivity contribution in [3.63, 3.8) is 0 Å². The van der Waals surface area contributed by atoms with Crippen LogP contribution in [0.2, 0.25) is 0 Å². The molecule has 0 bridgehead atoms. The van der Waals surface area contributed by atoms with Crippen LogP contribution in [0.3, 0.4) is 0 Å². The Morgan fingerprint density at radius 2 is 2.04 bits per heavy atom. The lowest BCUT2D eigenvalue weighted by Crippen LogP contribution is -2.47. The molecule has 0 N–H and O–H groups in total. The number of nitro benzene ring substituents is 1. The number of nitrogens with zero attached hydrogens (tertiary/aromatic N) is 3. The number of ether oxygens (including phenoxy) is 1. The van der Waals surface area contributed by atoms with E-state index in [2.05, 4.69) is 23.7 Å². The van der Waals surface area contributed by atoms with Crippen molar-refractivity contribution in [1.82, 2.24) is 4.90 Å². The smallest absolute Gasteiger partial charge is 0.293 e. The average molecular weight is 317 g/mol. The van der Waals surface area contributed by atoms with Crippen LogP contribution in [0.4, 0.5) is 11.4 Å². The van der Waals surface area contributed by atoms with Gasteiger partial charge in [-0.05, 0) is 45.2 Å². The minimum absolute atomic E-state index is 0.0669. The monoisotopic (exact) mass is 317 g/mol. The summed E-state index contributed by atoms with van der Waals surface area (Å²) in [5.41, 5.74) is 1.53. The van der Waals surface area contributed by atoms with Gasteiger partial charge in [0.15, 0.2) is 0 Å². The lowest BCUT2D eigenvalue weighted by molar-refractivity contribution is -0.384. The number of hydrogen-bond donors (Lipinski definition) is 0. The average Bonchev–Trinajstić information content (AvgIpc) is 3.08. The Morgan fingerprint density at radius 1 is 1.35 bits per heavy atom. The minimum atomic E-state index is -0.385. The number of rotatable bonds is 3. The lowest BCUT2D eigenvalue weighted by atomic mass is 10.0. The molecule has 6 heteroatoms. The van der Waals surface area contributed by atoms with Crippen LogP contribution in [-0.4, -0.2) is 34.0 Å². The molecule has 0 atom stereocenters. The second-order valence-corrected chi connectivity index (χ2v) is 7.03. The summed E-state index contributed by atoms with van der Waals surface area (Å²) >= 11 is 0. The Balaban J connectivity index is 1.93. The molecule has 0 aromatic heterocycles. The molecule has 0 spiro atoms. The van der Waals surface area contributed by atoms with E-state index in [-0.39, 0.29) is 16.1 Å². The topological polar surface area (TPSA) is 68.0 Å². The molecule has 6 nitrogen and oxygen atoms in total. The van der Waals surface area contributed by atoms with E-state index in [4.69, 9.17) is 4.74 Å². The van der Waals surface area contributed by atoms with Crippen molar-refractivity contribution in [3.05, 3.63) is 33.9 Å². The SMILES string of the molecule is Cc1cc([N+](=O)[O-])ccc1N=C1OCC(C)(C)N1C1CCCC1. The summed E-state index contributed by atoms with van der Waals surface area (Å²) in [6.07, 6.45) is 4.85. The van der Waals surface area contributed by atoms with Crippen LogP contribution in [-0.2, 0) is 4.74 Å². The third kappa shape index (κ3) is 3.02. The van der Waals surface area contributed by atoms with Crippen molar-refractivity contribution < 1.29 is 9.66 Å². The zero-order chi connectivity index (χ0) is 16.6. The van der Waals surface area contributed by atoms with E-state index in [1.165, 1.54) is 31.7 Å². The van der Waals surface area contributed by atoms with E-state index in [0.29, 0.717) is 18.7 Å². The summed E-state index contributed by atoms with van der Waals surface area (Å²) < 4.78 is 5.87. The Kier molecular flexibility index (Phi) is 4.00. The van der Waals surface area contributed by atoms with E-state index >= 15 is 0 Å². The van der Waals surface area contributed by atoms with Crippen LogP contribution in [0, 0.1) is 17.0 Å². The third-order valence-electron chi connectivity index (χ3n) is 4.71. The van der Waals surface area contributed by atoms with Gasteiger partial charge in [-0.15, -0.1) is 0 Å². The Hall–Kier alpha value is -2.11. The first-order chi connectivity index (χ1) is 10.9. The predicted octanol–water partition coefficient (Wildman–Crippen LogP) is 3.94. The van der Waals surface area contributed by atoms with Gasteiger partial charge in [-0.2, -0.15) is 4.99 Å². The van der Waals surface area contributed by atoms with Crippen LogP contribution in [0.25, 0.3) is 0 Å². The van der Waals surface area contributed by atoms with Gasteiger partial charge in [0.1, 0.15) is 6.61 Å². The zero-order valence-corrected chi connectivity index (χ0v) is 13.9. The summed E-state index contributed by atoms with van der Waals surface area (Å²) in [4.78, 5) is 17.5. The minimum Gasteiger partial charge on any atom is -0.462 e. The van der Waals surface area contributed by atoms with Gasteiger partial charge >= 0.3 is 0 Å². The van der Waals surface area contributed by atoms with Crippen LogP contribution in [0.5, 0.6) is 0 Å². The van der Waals surface area contributed by atoms with Crippen LogP contribution in [0.15, 0.2) is 23.2 Å². The van der Waals surface area contributed by atoms with Crippen molar-refractivity contribution in [1.29, 1.82) is 0 Å². The van der Waals surface area contributed by atoms with E-state index in [0.717, 1.165) is 11.3 Å². The molecule has 124 valence electrons. The summed E-state index contributed by atoms with van der Waals surface area (Å²) in [7, 11) is 0. The quantitative estimate of drug-likeness (QED) is 0.625. The van der Waals surface area contributed by atoms with Crippen molar-refractivity contribution in [3.8, 4) is 0 Å². The fourth-order valence-electron chi connectivity index (χ4n) is 3.52. The molecule has 1 aliphatic carbocycles. The van der Waals surface area contributed by atoms with Gasteiger partial charge in [0.25, 0.3) is 11.7 Å². The second kappa shape index (κ2) is 5.83. The molecule has 1 aromatic carbocycles. The van der Waals surface area contributed by atoms with E-state index in [1.807, 2.05) is 6.92 Å². The molecule has 0 radical (unpaired) electrons. The van der Waals surface area contributed by atoms with Crippen molar-refractivity contribution in [2.75, 3.05) is 6.61 Å². The van der Waals surface area contributed by atoms with Gasteiger partial charge in [0.2, 0.25) is 0 Å². The third-order valence-corrected chi connectivity index (χ3v) is 4.71. The molecular weight excluding hydrogens is 294 g/mol. The van der Waals surface area contributed by atoms with Crippen molar-refractivity contribution in [2.45, 2.75) is 58.0 Å². The van der Waals surface area contributed by atoms with Crippen LogP contribution < -0.4 is 0 Å². The maximum atomic E-state index is 10.9. The molecule has 1 saturated heterocycles. The zero-order valence-electron chi connectivity index (χ0n) is 13.9. The van der Waals surface area contributed by atoms with Gasteiger partial charge in [-0.1, -0.05) is 12.8 Å². The normalized spacial score (nSPS) is 22.6. The molecule has 1 saturated carbocycles. The molecule has 23 heavy (non-hydrogen) atoms. The molecule has 1 heterocycles. The molecule has 2 aliphatic rings. The maximum absolute atomic E-state index is 10.9. The summed E-state index contributed by atoms with van der Waals surface area (Å²) in [6.45, 7) is 6.81. The number of aliphatic imine (C=N–C) groups is 1. The van der Waals surface area contributed by atoms with E-state index in [9.17, 15) is 10.1 Å². The highest BCUT2D eigenvalue weighted by molar-refractivity contribution is 5.81. The lowest BCUT2D eigenvalue weighted by Gasteiger charge is -2.35. The number of aryl methyl sites for hydroxylation is 1. The van der Waals surface area contributed by atoms with Gasteiger partial charge in [0, 0.05) is 18.2 Å². The molecule has 0 amide bonds. The first-order valence-corrected chi connectivity index (χ1v) is 8.14. The highest BCUT2D eigenvalue weighted by Crippen LogP contribution is 2.35. The van der Waals surface area contributed by atoms with Gasteiger partial charge in [-0.25, -0.2) is 0 Å². The van der Waals surface area contributed by atoms with Gasteiger partial charge in [-0.3, -0.25) is 10.1 Å².